The third-order valence-corrected chi connectivity index (χ3v) is 6.00. The monoisotopic (exact) mass is 436 g/mol. The van der Waals surface area contributed by atoms with E-state index in [1.807, 2.05) is 35.6 Å². The van der Waals surface area contributed by atoms with Crippen molar-refractivity contribution in [2.24, 2.45) is 0 Å². The van der Waals surface area contributed by atoms with E-state index in [-0.39, 0.29) is 5.91 Å². The third kappa shape index (κ3) is 4.10. The smallest absolute Gasteiger partial charge is 0.254 e. The molecule has 3 heterocycles. The number of aromatic nitrogens is 4. The standard InChI is InChI=1S/C23H28N6O3/c1-15-16(2)26-29(17(15)3)22-7-6-21(24-25-22)27-8-10-28(11-9-27)23(30)18-12-19(31-4)14-20(13-18)32-5/h6-7,12-14H,8-11H2,1-5H3. The highest BCUT2D eigenvalue weighted by Gasteiger charge is 2.24. The number of carbonyl (C=O) groups excluding carboxylic acids is 1. The maximum atomic E-state index is 13.0. The second kappa shape index (κ2) is 8.86. The van der Waals surface area contributed by atoms with Crippen LogP contribution in [0.15, 0.2) is 30.3 Å². The van der Waals surface area contributed by atoms with Gasteiger partial charge in [-0.1, -0.05) is 0 Å². The molecule has 0 radical (unpaired) electrons. The van der Waals surface area contributed by atoms with Gasteiger partial charge in [0.1, 0.15) is 11.5 Å². The lowest BCUT2D eigenvalue weighted by Gasteiger charge is -2.35. The molecule has 0 bridgehead atoms. The molecule has 0 aliphatic carbocycles. The summed E-state index contributed by atoms with van der Waals surface area (Å²) in [5.74, 6) is 2.65. The van der Waals surface area contributed by atoms with Crippen LogP contribution in [-0.2, 0) is 0 Å². The van der Waals surface area contributed by atoms with E-state index < -0.39 is 0 Å². The van der Waals surface area contributed by atoms with Gasteiger partial charge in [0.15, 0.2) is 11.6 Å². The van der Waals surface area contributed by atoms with Crippen LogP contribution in [0.2, 0.25) is 0 Å². The molecule has 3 aromatic rings. The Morgan fingerprint density at radius 2 is 1.47 bits per heavy atom. The number of nitrogens with zero attached hydrogens (tertiary/aromatic N) is 6. The van der Waals surface area contributed by atoms with Gasteiger partial charge in [-0.15, -0.1) is 10.2 Å². The third-order valence-electron chi connectivity index (χ3n) is 6.00. The Kier molecular flexibility index (Phi) is 5.98. The van der Waals surface area contributed by atoms with Crippen molar-refractivity contribution in [2.45, 2.75) is 20.8 Å². The summed E-state index contributed by atoms with van der Waals surface area (Å²) in [6, 6.07) is 9.12. The number of benzene rings is 1. The molecular formula is C23H28N6O3. The first-order chi connectivity index (χ1) is 15.4. The van der Waals surface area contributed by atoms with E-state index in [2.05, 4.69) is 27.1 Å². The van der Waals surface area contributed by atoms with Gasteiger partial charge in [0.25, 0.3) is 5.91 Å². The molecule has 1 saturated heterocycles. The van der Waals surface area contributed by atoms with Crippen LogP contribution in [0.5, 0.6) is 11.5 Å². The molecule has 0 spiro atoms. The lowest BCUT2D eigenvalue weighted by molar-refractivity contribution is 0.0745. The van der Waals surface area contributed by atoms with Crippen LogP contribution in [0, 0.1) is 20.8 Å². The van der Waals surface area contributed by atoms with Crippen LogP contribution in [0.1, 0.15) is 27.3 Å². The predicted octanol–water partition coefficient (Wildman–Crippen LogP) is 2.57. The molecule has 1 amide bonds. The van der Waals surface area contributed by atoms with Gasteiger partial charge < -0.3 is 19.3 Å². The largest absolute Gasteiger partial charge is 0.497 e. The summed E-state index contributed by atoms with van der Waals surface area (Å²) in [7, 11) is 3.15. The average Bonchev–Trinajstić information content (AvgIpc) is 3.10. The summed E-state index contributed by atoms with van der Waals surface area (Å²) in [4.78, 5) is 17.0. The highest BCUT2D eigenvalue weighted by molar-refractivity contribution is 5.95. The van der Waals surface area contributed by atoms with Gasteiger partial charge in [0, 0.05) is 43.5 Å². The van der Waals surface area contributed by atoms with E-state index in [0.717, 1.165) is 22.8 Å². The number of piperazine rings is 1. The normalized spacial score (nSPS) is 13.9. The fourth-order valence-corrected chi connectivity index (χ4v) is 3.80. The van der Waals surface area contributed by atoms with E-state index in [4.69, 9.17) is 9.47 Å². The maximum Gasteiger partial charge on any atom is 0.254 e. The fraction of sp³-hybridized carbons (Fsp3) is 0.391. The van der Waals surface area contributed by atoms with Crippen molar-refractivity contribution in [2.75, 3.05) is 45.3 Å². The van der Waals surface area contributed by atoms with Crippen molar-refractivity contribution in [3.63, 3.8) is 0 Å². The number of hydrogen-bond donors (Lipinski definition) is 0. The van der Waals surface area contributed by atoms with Crippen LogP contribution >= 0.6 is 0 Å². The van der Waals surface area contributed by atoms with Crippen LogP contribution in [0.25, 0.3) is 5.82 Å². The molecule has 4 rings (SSSR count). The van der Waals surface area contributed by atoms with Crippen molar-refractivity contribution in [1.29, 1.82) is 0 Å². The van der Waals surface area contributed by atoms with Crippen molar-refractivity contribution in [1.82, 2.24) is 24.9 Å². The zero-order valence-electron chi connectivity index (χ0n) is 19.1. The maximum absolute atomic E-state index is 13.0. The molecule has 9 heteroatoms. The molecular weight excluding hydrogens is 408 g/mol. The number of carbonyl (C=O) groups is 1. The van der Waals surface area contributed by atoms with Gasteiger partial charge in [-0.2, -0.15) is 5.10 Å². The molecule has 0 saturated carbocycles. The molecule has 1 aromatic carbocycles. The molecule has 1 aliphatic heterocycles. The van der Waals surface area contributed by atoms with Crippen molar-refractivity contribution in [3.05, 3.63) is 52.8 Å². The summed E-state index contributed by atoms with van der Waals surface area (Å²) >= 11 is 0. The summed E-state index contributed by atoms with van der Waals surface area (Å²) in [5, 5.41) is 13.3. The first-order valence-corrected chi connectivity index (χ1v) is 10.6. The molecule has 2 aromatic heterocycles. The van der Waals surface area contributed by atoms with Crippen LogP contribution < -0.4 is 14.4 Å². The van der Waals surface area contributed by atoms with Crippen LogP contribution in [-0.4, -0.2) is 71.2 Å². The summed E-state index contributed by atoms with van der Waals surface area (Å²) in [5.41, 5.74) is 3.76. The minimum Gasteiger partial charge on any atom is -0.497 e. The van der Waals surface area contributed by atoms with Crippen LogP contribution in [0.4, 0.5) is 5.82 Å². The number of methoxy groups -OCH3 is 2. The molecule has 1 aliphatic rings. The molecule has 0 atom stereocenters. The van der Waals surface area contributed by atoms with E-state index in [1.54, 1.807) is 32.4 Å². The average molecular weight is 437 g/mol. The lowest BCUT2D eigenvalue weighted by Crippen LogP contribution is -2.49. The van der Waals surface area contributed by atoms with Crippen LogP contribution in [0.3, 0.4) is 0 Å². The number of amides is 1. The quantitative estimate of drug-likeness (QED) is 0.608. The summed E-state index contributed by atoms with van der Waals surface area (Å²) < 4.78 is 12.4. The minimum absolute atomic E-state index is 0.0387. The number of hydrogen-bond acceptors (Lipinski definition) is 7. The SMILES string of the molecule is COc1cc(OC)cc(C(=O)N2CCN(c3ccc(-n4nc(C)c(C)c4C)nn3)CC2)c1. The Bertz CT molecular complexity index is 1100. The lowest BCUT2D eigenvalue weighted by atomic mass is 10.1. The van der Waals surface area contributed by atoms with E-state index >= 15 is 0 Å². The number of ether oxygens (including phenoxy) is 2. The zero-order valence-corrected chi connectivity index (χ0v) is 19.1. The van der Waals surface area contributed by atoms with Crippen molar-refractivity contribution >= 4 is 11.7 Å². The Balaban J connectivity index is 1.42. The second-order valence-corrected chi connectivity index (χ2v) is 7.84. The molecule has 1 fully saturated rings. The number of aryl methyl sites for hydroxylation is 1. The Morgan fingerprint density at radius 1 is 0.875 bits per heavy atom. The highest BCUT2D eigenvalue weighted by Crippen LogP contribution is 2.24. The van der Waals surface area contributed by atoms with E-state index in [1.165, 1.54) is 0 Å². The fourth-order valence-electron chi connectivity index (χ4n) is 3.80. The topological polar surface area (TPSA) is 85.6 Å². The molecule has 168 valence electrons. The minimum atomic E-state index is -0.0387. The van der Waals surface area contributed by atoms with Gasteiger partial charge in [-0.25, -0.2) is 4.68 Å². The summed E-state index contributed by atoms with van der Waals surface area (Å²) in [6.45, 7) is 8.62. The van der Waals surface area contributed by atoms with Gasteiger partial charge in [-0.3, -0.25) is 4.79 Å². The summed E-state index contributed by atoms with van der Waals surface area (Å²) in [6.07, 6.45) is 0. The Labute approximate surface area is 187 Å². The highest BCUT2D eigenvalue weighted by atomic mass is 16.5. The van der Waals surface area contributed by atoms with Crippen molar-refractivity contribution in [3.8, 4) is 17.3 Å². The van der Waals surface area contributed by atoms with Crippen molar-refractivity contribution < 1.29 is 14.3 Å². The molecule has 32 heavy (non-hydrogen) atoms. The Morgan fingerprint density at radius 3 is 1.97 bits per heavy atom. The van der Waals surface area contributed by atoms with E-state index in [0.29, 0.717) is 49.1 Å². The first kappa shape index (κ1) is 21.6. The first-order valence-electron chi connectivity index (χ1n) is 10.6. The van der Waals surface area contributed by atoms with Gasteiger partial charge in [-0.05, 0) is 50.6 Å². The predicted molar refractivity (Wildman–Crippen MR) is 121 cm³/mol. The molecule has 0 unspecified atom stereocenters. The van der Waals surface area contributed by atoms with Gasteiger partial charge >= 0.3 is 0 Å². The molecule has 0 N–H and O–H groups in total. The number of anilines is 1. The van der Waals surface area contributed by atoms with E-state index in [9.17, 15) is 4.79 Å². The molecule has 9 nitrogen and oxygen atoms in total. The van der Waals surface area contributed by atoms with Gasteiger partial charge in [0.05, 0.1) is 19.9 Å². The van der Waals surface area contributed by atoms with Gasteiger partial charge in [0.2, 0.25) is 0 Å². The second-order valence-electron chi connectivity index (χ2n) is 7.84. The number of rotatable bonds is 5. The zero-order chi connectivity index (χ0) is 22.8. The Hall–Kier alpha value is -3.62.